The first-order valence-corrected chi connectivity index (χ1v) is 9.74. The molecule has 0 fully saturated rings. The van der Waals surface area contributed by atoms with Gasteiger partial charge in [-0.3, -0.25) is 9.59 Å². The third kappa shape index (κ3) is 6.38. The van der Waals surface area contributed by atoms with E-state index >= 15 is 0 Å². The minimum absolute atomic E-state index is 0.239. The van der Waals surface area contributed by atoms with Crippen LogP contribution in [0.15, 0.2) is 54.2 Å². The van der Waals surface area contributed by atoms with Crippen LogP contribution in [0.3, 0.4) is 0 Å². The van der Waals surface area contributed by atoms with E-state index in [9.17, 15) is 9.59 Å². The number of carbonyl (C=O) groups is 2. The van der Waals surface area contributed by atoms with Crippen molar-refractivity contribution in [1.82, 2.24) is 10.6 Å². The molecule has 0 bridgehead atoms. The zero-order chi connectivity index (χ0) is 20.7. The summed E-state index contributed by atoms with van der Waals surface area (Å²) in [6, 6.07) is 15.3. The number of aryl methyl sites for hydroxylation is 1. The number of hydrogen-bond donors (Lipinski definition) is 2. The van der Waals surface area contributed by atoms with Crippen LogP contribution in [0.4, 0.5) is 0 Å². The first-order chi connectivity index (χ1) is 13.3. The minimum Gasteiger partial charge on any atom is -0.351 e. The average molecular weight is 379 g/mol. The van der Waals surface area contributed by atoms with E-state index in [0.717, 1.165) is 11.1 Å². The van der Waals surface area contributed by atoms with E-state index in [1.807, 2.05) is 57.2 Å². The molecule has 0 saturated carbocycles. The van der Waals surface area contributed by atoms with E-state index in [1.54, 1.807) is 18.2 Å². The molecule has 2 N–H and O–H groups in total. The number of carbonyl (C=O) groups excluding carboxylic acids is 2. The lowest BCUT2D eigenvalue weighted by Crippen LogP contribution is -2.36. The van der Waals surface area contributed by atoms with Crippen molar-refractivity contribution in [2.75, 3.05) is 6.54 Å². The maximum Gasteiger partial charge on any atom is 0.267 e. The van der Waals surface area contributed by atoms with Crippen LogP contribution in [0.5, 0.6) is 0 Å². The summed E-state index contributed by atoms with van der Waals surface area (Å²) in [5, 5.41) is 5.65. The molecule has 148 valence electrons. The van der Waals surface area contributed by atoms with Gasteiger partial charge in [0.2, 0.25) is 0 Å². The molecule has 0 aliphatic carbocycles. The quantitative estimate of drug-likeness (QED) is 0.688. The van der Waals surface area contributed by atoms with Crippen molar-refractivity contribution in [3.8, 4) is 0 Å². The minimum atomic E-state index is -0.301. The zero-order valence-electron chi connectivity index (χ0n) is 17.4. The summed E-state index contributed by atoms with van der Waals surface area (Å²) in [6.45, 7) is 10.8. The fourth-order valence-corrected chi connectivity index (χ4v) is 2.59. The van der Waals surface area contributed by atoms with Crippen molar-refractivity contribution in [2.45, 2.75) is 40.5 Å². The molecule has 0 radical (unpaired) electrons. The van der Waals surface area contributed by atoms with E-state index in [-0.39, 0.29) is 17.5 Å². The third-order valence-electron chi connectivity index (χ3n) is 4.39. The predicted octanol–water partition coefficient (Wildman–Crippen LogP) is 4.66. The molecule has 4 heteroatoms. The molecule has 0 saturated heterocycles. The van der Waals surface area contributed by atoms with Gasteiger partial charge in [0.25, 0.3) is 11.8 Å². The van der Waals surface area contributed by atoms with Crippen molar-refractivity contribution in [2.24, 2.45) is 5.92 Å². The van der Waals surface area contributed by atoms with Gasteiger partial charge in [-0.1, -0.05) is 69.7 Å². The van der Waals surface area contributed by atoms with Crippen molar-refractivity contribution >= 4 is 17.9 Å². The van der Waals surface area contributed by atoms with Gasteiger partial charge in [-0.05, 0) is 48.1 Å². The SMILES string of the molecule is Cc1ccc(C(=O)NC(=Cc2ccc(C(C)C)cc2)C(=O)NCC(C)C)cc1. The summed E-state index contributed by atoms with van der Waals surface area (Å²) in [7, 11) is 0. The van der Waals surface area contributed by atoms with Gasteiger partial charge in [0.05, 0.1) is 0 Å². The van der Waals surface area contributed by atoms with Gasteiger partial charge in [-0.15, -0.1) is 0 Å². The molecule has 0 unspecified atom stereocenters. The van der Waals surface area contributed by atoms with Crippen LogP contribution < -0.4 is 10.6 Å². The maximum atomic E-state index is 12.7. The molecule has 0 spiro atoms. The number of amides is 2. The highest BCUT2D eigenvalue weighted by molar-refractivity contribution is 6.05. The monoisotopic (exact) mass is 378 g/mol. The predicted molar refractivity (Wildman–Crippen MR) is 115 cm³/mol. The highest BCUT2D eigenvalue weighted by Crippen LogP contribution is 2.16. The standard InChI is InChI=1S/C24H30N2O2/c1-16(2)15-25-24(28)22(14-19-8-12-20(13-9-19)17(3)4)26-23(27)21-10-6-18(5)7-11-21/h6-14,16-17H,15H2,1-5H3,(H,25,28)(H,26,27). The molecule has 4 nitrogen and oxygen atoms in total. The molecule has 2 aromatic carbocycles. The van der Waals surface area contributed by atoms with Gasteiger partial charge in [0, 0.05) is 12.1 Å². The smallest absolute Gasteiger partial charge is 0.267 e. The van der Waals surface area contributed by atoms with E-state index in [2.05, 4.69) is 24.5 Å². The van der Waals surface area contributed by atoms with E-state index in [4.69, 9.17) is 0 Å². The molecule has 2 rings (SSSR count). The molecule has 0 heterocycles. The van der Waals surface area contributed by atoms with E-state index < -0.39 is 0 Å². The highest BCUT2D eigenvalue weighted by Gasteiger charge is 2.15. The van der Waals surface area contributed by atoms with Gasteiger partial charge in [0.1, 0.15) is 5.70 Å². The molecule has 2 amide bonds. The average Bonchev–Trinajstić information content (AvgIpc) is 2.66. The normalized spacial score (nSPS) is 11.6. The van der Waals surface area contributed by atoms with Crippen LogP contribution >= 0.6 is 0 Å². The zero-order valence-corrected chi connectivity index (χ0v) is 17.4. The second kappa shape index (κ2) is 9.88. The molecule has 2 aromatic rings. The first-order valence-electron chi connectivity index (χ1n) is 9.74. The largest absolute Gasteiger partial charge is 0.351 e. The topological polar surface area (TPSA) is 58.2 Å². The molecule has 0 aliphatic heterocycles. The second-order valence-electron chi connectivity index (χ2n) is 7.80. The highest BCUT2D eigenvalue weighted by atomic mass is 16.2. The Labute approximate surface area is 168 Å². The van der Waals surface area contributed by atoms with E-state index in [1.165, 1.54) is 5.56 Å². The van der Waals surface area contributed by atoms with Gasteiger partial charge < -0.3 is 10.6 Å². The molecule has 0 atom stereocenters. The molecular weight excluding hydrogens is 348 g/mol. The number of hydrogen-bond acceptors (Lipinski definition) is 2. The van der Waals surface area contributed by atoms with Crippen LogP contribution in [0.25, 0.3) is 6.08 Å². The van der Waals surface area contributed by atoms with Crippen LogP contribution in [0.1, 0.15) is 60.7 Å². The number of rotatable bonds is 7. The van der Waals surface area contributed by atoms with Gasteiger partial charge >= 0.3 is 0 Å². The van der Waals surface area contributed by atoms with Crippen molar-refractivity contribution in [3.05, 3.63) is 76.5 Å². The van der Waals surface area contributed by atoms with Crippen LogP contribution in [-0.4, -0.2) is 18.4 Å². The number of nitrogens with one attached hydrogen (secondary N) is 2. The molecule has 0 aromatic heterocycles. The Kier molecular flexibility index (Phi) is 7.56. The van der Waals surface area contributed by atoms with Crippen molar-refractivity contribution in [1.29, 1.82) is 0 Å². The lowest BCUT2D eigenvalue weighted by Gasteiger charge is -2.13. The van der Waals surface area contributed by atoms with Gasteiger partial charge in [0.15, 0.2) is 0 Å². The Morgan fingerprint density at radius 3 is 2.07 bits per heavy atom. The Morgan fingerprint density at radius 2 is 1.54 bits per heavy atom. The maximum absolute atomic E-state index is 12.7. The van der Waals surface area contributed by atoms with Gasteiger partial charge in [-0.25, -0.2) is 0 Å². The number of benzene rings is 2. The fourth-order valence-electron chi connectivity index (χ4n) is 2.59. The van der Waals surface area contributed by atoms with Crippen LogP contribution in [0, 0.1) is 12.8 Å². The summed E-state index contributed by atoms with van der Waals surface area (Å²) in [5.41, 5.74) is 3.93. The third-order valence-corrected chi connectivity index (χ3v) is 4.39. The Balaban J connectivity index is 2.26. The fraction of sp³-hybridized carbons (Fsp3) is 0.333. The molecule has 28 heavy (non-hydrogen) atoms. The van der Waals surface area contributed by atoms with Crippen LogP contribution in [-0.2, 0) is 4.79 Å². The Morgan fingerprint density at radius 1 is 0.929 bits per heavy atom. The summed E-state index contributed by atoms with van der Waals surface area (Å²) in [6.07, 6.45) is 1.71. The van der Waals surface area contributed by atoms with Crippen molar-refractivity contribution in [3.63, 3.8) is 0 Å². The summed E-state index contributed by atoms with van der Waals surface area (Å²) in [5.74, 6) is 0.170. The molecule has 0 aliphatic rings. The van der Waals surface area contributed by atoms with Crippen molar-refractivity contribution < 1.29 is 9.59 Å². The Hall–Kier alpha value is -2.88. The summed E-state index contributed by atoms with van der Waals surface area (Å²) < 4.78 is 0. The first kappa shape index (κ1) is 21.4. The lowest BCUT2D eigenvalue weighted by molar-refractivity contribution is -0.117. The Bertz CT molecular complexity index is 832. The second-order valence-corrected chi connectivity index (χ2v) is 7.80. The molecular formula is C24H30N2O2. The van der Waals surface area contributed by atoms with E-state index in [0.29, 0.717) is 23.9 Å². The summed E-state index contributed by atoms with van der Waals surface area (Å²) >= 11 is 0. The van der Waals surface area contributed by atoms with Crippen LogP contribution in [0.2, 0.25) is 0 Å². The van der Waals surface area contributed by atoms with Gasteiger partial charge in [-0.2, -0.15) is 0 Å². The lowest BCUT2D eigenvalue weighted by atomic mass is 10.0. The summed E-state index contributed by atoms with van der Waals surface area (Å²) in [4.78, 5) is 25.3.